The number of carbonyl (C=O) groups excluding carboxylic acids is 1. The zero-order valence-electron chi connectivity index (χ0n) is 12.6. The molecule has 0 unspecified atom stereocenters. The first-order valence-electron chi connectivity index (χ1n) is 7.03. The standard InChI is InChI=1S/C16H10ClN3O5/c17-11-5-3-4-10(8-11)15-18-14(25-19-15)9-24-16(21)12-6-1-2-7-13(12)20(22)23/h1-8H,9H2. The minimum Gasteiger partial charge on any atom is -0.452 e. The number of halogens is 1. The Morgan fingerprint density at radius 2 is 2.04 bits per heavy atom. The molecule has 0 spiro atoms. The quantitative estimate of drug-likeness (QED) is 0.388. The number of esters is 1. The molecule has 0 saturated heterocycles. The van der Waals surface area contributed by atoms with E-state index >= 15 is 0 Å². The van der Waals surface area contributed by atoms with E-state index in [9.17, 15) is 14.9 Å². The molecule has 1 heterocycles. The molecule has 3 aromatic rings. The molecule has 9 heteroatoms. The Balaban J connectivity index is 1.71. The van der Waals surface area contributed by atoms with Crippen LogP contribution in [0, 0.1) is 10.1 Å². The third kappa shape index (κ3) is 3.81. The highest BCUT2D eigenvalue weighted by Gasteiger charge is 2.21. The third-order valence-electron chi connectivity index (χ3n) is 3.20. The molecule has 2 aromatic carbocycles. The number of ether oxygens (including phenoxy) is 1. The van der Waals surface area contributed by atoms with Gasteiger partial charge in [-0.25, -0.2) is 4.79 Å². The second-order valence-electron chi connectivity index (χ2n) is 4.87. The van der Waals surface area contributed by atoms with Crippen LogP contribution in [0.4, 0.5) is 5.69 Å². The van der Waals surface area contributed by atoms with Crippen LogP contribution in [0.25, 0.3) is 11.4 Å². The first-order valence-corrected chi connectivity index (χ1v) is 7.41. The van der Waals surface area contributed by atoms with E-state index in [-0.39, 0.29) is 23.7 Å². The van der Waals surface area contributed by atoms with Crippen LogP contribution in [-0.2, 0) is 11.3 Å². The zero-order chi connectivity index (χ0) is 17.8. The van der Waals surface area contributed by atoms with Gasteiger partial charge in [-0.3, -0.25) is 10.1 Å². The van der Waals surface area contributed by atoms with E-state index in [4.69, 9.17) is 20.9 Å². The van der Waals surface area contributed by atoms with Crippen LogP contribution in [0.15, 0.2) is 53.1 Å². The van der Waals surface area contributed by atoms with Crippen molar-refractivity contribution in [3.05, 3.63) is 75.1 Å². The fourth-order valence-electron chi connectivity index (χ4n) is 2.07. The number of hydrogen-bond acceptors (Lipinski definition) is 7. The monoisotopic (exact) mass is 359 g/mol. The fourth-order valence-corrected chi connectivity index (χ4v) is 2.26. The van der Waals surface area contributed by atoms with E-state index in [1.807, 2.05) is 0 Å². The fraction of sp³-hybridized carbons (Fsp3) is 0.0625. The predicted octanol–water partition coefficient (Wildman–Crippen LogP) is 3.66. The maximum Gasteiger partial charge on any atom is 0.345 e. The number of aromatic nitrogens is 2. The molecule has 0 bridgehead atoms. The third-order valence-corrected chi connectivity index (χ3v) is 3.43. The van der Waals surface area contributed by atoms with Gasteiger partial charge in [0.1, 0.15) is 5.56 Å². The van der Waals surface area contributed by atoms with Gasteiger partial charge in [0, 0.05) is 16.7 Å². The average molecular weight is 360 g/mol. The lowest BCUT2D eigenvalue weighted by atomic mass is 10.2. The second kappa shape index (κ2) is 7.10. The summed E-state index contributed by atoms with van der Waals surface area (Å²) in [6.07, 6.45) is 0. The largest absolute Gasteiger partial charge is 0.452 e. The van der Waals surface area contributed by atoms with Gasteiger partial charge in [-0.2, -0.15) is 4.98 Å². The van der Waals surface area contributed by atoms with Gasteiger partial charge in [0.2, 0.25) is 5.82 Å². The minimum absolute atomic E-state index is 0.0573. The molecule has 126 valence electrons. The van der Waals surface area contributed by atoms with E-state index in [0.717, 1.165) is 0 Å². The summed E-state index contributed by atoms with van der Waals surface area (Å²) in [5.74, 6) is -0.504. The Morgan fingerprint density at radius 3 is 2.80 bits per heavy atom. The van der Waals surface area contributed by atoms with E-state index in [1.54, 1.807) is 24.3 Å². The summed E-state index contributed by atoms with van der Waals surface area (Å²) in [4.78, 5) is 26.4. The molecule has 0 aliphatic heterocycles. The average Bonchev–Trinajstić information content (AvgIpc) is 3.08. The Kier molecular flexibility index (Phi) is 4.71. The molecule has 3 rings (SSSR count). The molecular formula is C16H10ClN3O5. The smallest absolute Gasteiger partial charge is 0.345 e. The van der Waals surface area contributed by atoms with Gasteiger partial charge < -0.3 is 9.26 Å². The number of rotatable bonds is 5. The van der Waals surface area contributed by atoms with Crippen LogP contribution in [0.1, 0.15) is 16.2 Å². The maximum atomic E-state index is 12.0. The minimum atomic E-state index is -0.852. The van der Waals surface area contributed by atoms with E-state index < -0.39 is 10.9 Å². The molecule has 0 aliphatic carbocycles. The summed E-state index contributed by atoms with van der Waals surface area (Å²) < 4.78 is 10.0. The van der Waals surface area contributed by atoms with Crippen molar-refractivity contribution in [3.63, 3.8) is 0 Å². The topological polar surface area (TPSA) is 108 Å². The van der Waals surface area contributed by atoms with Crippen LogP contribution in [0.2, 0.25) is 5.02 Å². The molecule has 0 saturated carbocycles. The van der Waals surface area contributed by atoms with Crippen molar-refractivity contribution >= 4 is 23.3 Å². The van der Waals surface area contributed by atoms with Crippen molar-refractivity contribution in [3.8, 4) is 11.4 Å². The summed E-state index contributed by atoms with van der Waals surface area (Å²) in [5, 5.41) is 15.2. The zero-order valence-corrected chi connectivity index (χ0v) is 13.3. The van der Waals surface area contributed by atoms with Crippen molar-refractivity contribution in [1.29, 1.82) is 0 Å². The van der Waals surface area contributed by atoms with Crippen molar-refractivity contribution in [2.75, 3.05) is 0 Å². The van der Waals surface area contributed by atoms with Crippen molar-refractivity contribution < 1.29 is 19.0 Å². The van der Waals surface area contributed by atoms with Gasteiger partial charge in [0.25, 0.3) is 11.6 Å². The maximum absolute atomic E-state index is 12.0. The van der Waals surface area contributed by atoms with Crippen LogP contribution in [0.3, 0.4) is 0 Å². The summed E-state index contributed by atoms with van der Waals surface area (Å²) in [5.41, 5.74) is 0.159. The highest BCUT2D eigenvalue weighted by atomic mass is 35.5. The Hall–Kier alpha value is -3.26. The molecular weight excluding hydrogens is 350 g/mol. The lowest BCUT2D eigenvalue weighted by Gasteiger charge is -2.02. The van der Waals surface area contributed by atoms with Gasteiger partial charge in [0.05, 0.1) is 4.92 Å². The number of para-hydroxylation sites is 1. The molecule has 8 nitrogen and oxygen atoms in total. The number of nitro groups is 1. The number of nitrogens with zero attached hydrogens (tertiary/aromatic N) is 3. The predicted molar refractivity (Wildman–Crippen MR) is 87.0 cm³/mol. The van der Waals surface area contributed by atoms with Crippen molar-refractivity contribution in [1.82, 2.24) is 10.1 Å². The van der Waals surface area contributed by atoms with Crippen molar-refractivity contribution in [2.45, 2.75) is 6.61 Å². The molecule has 0 N–H and O–H groups in total. The van der Waals surface area contributed by atoms with Crippen LogP contribution < -0.4 is 0 Å². The molecule has 0 fully saturated rings. The number of benzene rings is 2. The van der Waals surface area contributed by atoms with E-state index in [2.05, 4.69) is 10.1 Å². The van der Waals surface area contributed by atoms with Gasteiger partial charge in [-0.05, 0) is 18.2 Å². The number of hydrogen-bond donors (Lipinski definition) is 0. The molecule has 0 aliphatic rings. The van der Waals surface area contributed by atoms with Gasteiger partial charge in [-0.1, -0.05) is 41.0 Å². The Morgan fingerprint density at radius 1 is 1.24 bits per heavy atom. The summed E-state index contributed by atoms with van der Waals surface area (Å²) in [6.45, 7) is -0.307. The molecule has 25 heavy (non-hydrogen) atoms. The Bertz CT molecular complexity index is 941. The van der Waals surface area contributed by atoms with Crippen LogP contribution in [-0.4, -0.2) is 21.0 Å². The lowest BCUT2D eigenvalue weighted by Crippen LogP contribution is -2.08. The van der Waals surface area contributed by atoms with E-state index in [1.165, 1.54) is 24.3 Å². The summed E-state index contributed by atoms with van der Waals surface area (Å²) in [6, 6.07) is 12.4. The normalized spacial score (nSPS) is 10.4. The van der Waals surface area contributed by atoms with E-state index in [0.29, 0.717) is 16.4 Å². The number of carbonyl (C=O) groups is 1. The highest BCUT2D eigenvalue weighted by Crippen LogP contribution is 2.21. The van der Waals surface area contributed by atoms with Crippen molar-refractivity contribution in [2.24, 2.45) is 0 Å². The molecule has 1 aromatic heterocycles. The van der Waals surface area contributed by atoms with Crippen LogP contribution >= 0.6 is 11.6 Å². The molecule has 0 radical (unpaired) electrons. The first-order chi connectivity index (χ1) is 12.0. The van der Waals surface area contributed by atoms with Crippen LogP contribution in [0.5, 0.6) is 0 Å². The first kappa shape index (κ1) is 16.6. The summed E-state index contributed by atoms with van der Waals surface area (Å²) in [7, 11) is 0. The molecule has 0 atom stereocenters. The highest BCUT2D eigenvalue weighted by molar-refractivity contribution is 6.30. The summed E-state index contributed by atoms with van der Waals surface area (Å²) >= 11 is 5.90. The van der Waals surface area contributed by atoms with Gasteiger partial charge in [0.15, 0.2) is 6.61 Å². The Labute approximate surface area is 146 Å². The SMILES string of the molecule is O=C(OCc1nc(-c2cccc(Cl)c2)no1)c1ccccc1[N+](=O)[O-]. The van der Waals surface area contributed by atoms with Gasteiger partial charge >= 0.3 is 5.97 Å². The van der Waals surface area contributed by atoms with Gasteiger partial charge in [-0.15, -0.1) is 0 Å². The molecule has 0 amide bonds. The second-order valence-corrected chi connectivity index (χ2v) is 5.31. The lowest BCUT2D eigenvalue weighted by molar-refractivity contribution is -0.385. The number of nitro benzene ring substituents is 1.